The maximum absolute atomic E-state index is 11.4. The first-order chi connectivity index (χ1) is 6.19. The lowest BCUT2D eigenvalue weighted by Gasteiger charge is -2.23. The summed E-state index contributed by atoms with van der Waals surface area (Å²) in [6, 6.07) is 0. The van der Waals surface area contributed by atoms with Crippen molar-refractivity contribution < 1.29 is 14.6 Å². The topological polar surface area (TPSA) is 58.6 Å². The molecule has 0 bridgehead atoms. The fourth-order valence-corrected chi connectivity index (χ4v) is 1.49. The number of β-amino-alcohol motifs (C(OH)–C–C–N with tert-alkyl or cyclic N) is 1. The molecule has 1 unspecified atom stereocenters. The van der Waals surface area contributed by atoms with Gasteiger partial charge in [-0.1, -0.05) is 0 Å². The third-order valence-electron chi connectivity index (χ3n) is 2.27. The van der Waals surface area contributed by atoms with Gasteiger partial charge >= 0.3 is 5.97 Å². The molecule has 13 heavy (non-hydrogen) atoms. The maximum atomic E-state index is 11.4. The van der Waals surface area contributed by atoms with Crippen molar-refractivity contribution in [2.24, 2.45) is 0 Å². The van der Waals surface area contributed by atoms with Gasteiger partial charge in [0.15, 0.2) is 5.60 Å². The van der Waals surface area contributed by atoms with Crippen LogP contribution in [0, 0.1) is 0 Å². The van der Waals surface area contributed by atoms with E-state index in [-0.39, 0.29) is 0 Å². The average molecular weight is 187 g/mol. The second-order valence-corrected chi connectivity index (χ2v) is 3.39. The van der Waals surface area contributed by atoms with Crippen LogP contribution in [0.3, 0.4) is 0 Å². The van der Waals surface area contributed by atoms with E-state index in [1.807, 2.05) is 0 Å². The van der Waals surface area contributed by atoms with Gasteiger partial charge in [0.2, 0.25) is 0 Å². The Hall–Kier alpha value is -0.610. The second kappa shape index (κ2) is 4.58. The van der Waals surface area contributed by atoms with Crippen molar-refractivity contribution in [3.8, 4) is 0 Å². The van der Waals surface area contributed by atoms with E-state index in [4.69, 9.17) is 4.74 Å². The Labute approximate surface area is 78.3 Å². The van der Waals surface area contributed by atoms with Crippen LogP contribution in [0.1, 0.15) is 26.2 Å². The van der Waals surface area contributed by atoms with Crippen molar-refractivity contribution in [1.29, 1.82) is 0 Å². The zero-order valence-corrected chi connectivity index (χ0v) is 8.01. The SMILES string of the molecule is CCOC(=O)C1(O)CCCCNC1. The van der Waals surface area contributed by atoms with Gasteiger partial charge in [-0.05, 0) is 32.7 Å². The normalized spacial score (nSPS) is 29.4. The number of carbonyl (C=O) groups excluding carboxylic acids is 1. The molecule has 0 amide bonds. The Bertz CT molecular complexity index is 174. The standard InChI is InChI=1S/C9H17NO3/c1-2-13-8(11)9(12)5-3-4-6-10-7-9/h10,12H,2-7H2,1H3. The van der Waals surface area contributed by atoms with E-state index in [9.17, 15) is 9.90 Å². The summed E-state index contributed by atoms with van der Waals surface area (Å²) in [4.78, 5) is 11.4. The van der Waals surface area contributed by atoms with Gasteiger partial charge in [0.05, 0.1) is 6.61 Å². The zero-order chi connectivity index (χ0) is 9.73. The minimum absolute atomic E-state index is 0.311. The lowest BCUT2D eigenvalue weighted by atomic mass is 9.98. The van der Waals surface area contributed by atoms with Gasteiger partial charge in [0.25, 0.3) is 0 Å². The lowest BCUT2D eigenvalue weighted by Crippen LogP contribution is -2.47. The molecule has 0 spiro atoms. The quantitative estimate of drug-likeness (QED) is 0.600. The molecule has 76 valence electrons. The number of ether oxygens (including phenoxy) is 1. The molecule has 1 heterocycles. The van der Waals surface area contributed by atoms with Crippen LogP contribution in [0.4, 0.5) is 0 Å². The highest BCUT2D eigenvalue weighted by Gasteiger charge is 2.37. The largest absolute Gasteiger partial charge is 0.464 e. The van der Waals surface area contributed by atoms with E-state index >= 15 is 0 Å². The minimum atomic E-state index is -1.30. The predicted molar refractivity (Wildman–Crippen MR) is 48.3 cm³/mol. The molecule has 0 aromatic heterocycles. The Morgan fingerprint density at radius 1 is 1.62 bits per heavy atom. The molecule has 1 saturated heterocycles. The Morgan fingerprint density at radius 3 is 3.08 bits per heavy atom. The number of rotatable bonds is 2. The Kier molecular flexibility index (Phi) is 3.69. The van der Waals surface area contributed by atoms with Gasteiger partial charge in [-0.15, -0.1) is 0 Å². The molecule has 1 rings (SSSR count). The number of hydrogen-bond acceptors (Lipinski definition) is 4. The first-order valence-corrected chi connectivity index (χ1v) is 4.79. The highest BCUT2D eigenvalue weighted by atomic mass is 16.5. The van der Waals surface area contributed by atoms with Crippen molar-refractivity contribution >= 4 is 5.97 Å². The fourth-order valence-electron chi connectivity index (χ4n) is 1.49. The molecule has 4 nitrogen and oxygen atoms in total. The summed E-state index contributed by atoms with van der Waals surface area (Å²) in [6.45, 7) is 3.24. The van der Waals surface area contributed by atoms with E-state index in [1.165, 1.54) is 0 Å². The van der Waals surface area contributed by atoms with Gasteiger partial charge in [-0.3, -0.25) is 0 Å². The van der Waals surface area contributed by atoms with Gasteiger partial charge < -0.3 is 15.2 Å². The van der Waals surface area contributed by atoms with Crippen LogP contribution in [0.2, 0.25) is 0 Å². The van der Waals surface area contributed by atoms with Crippen LogP contribution in [0.25, 0.3) is 0 Å². The van der Waals surface area contributed by atoms with Crippen LogP contribution in [-0.4, -0.2) is 36.4 Å². The van der Waals surface area contributed by atoms with Gasteiger partial charge in [-0.25, -0.2) is 4.79 Å². The summed E-state index contributed by atoms with van der Waals surface area (Å²) in [5.74, 6) is -0.496. The summed E-state index contributed by atoms with van der Waals surface area (Å²) in [5, 5.41) is 12.9. The van der Waals surface area contributed by atoms with E-state index < -0.39 is 11.6 Å². The summed E-state index contributed by atoms with van der Waals surface area (Å²) in [7, 11) is 0. The third-order valence-corrected chi connectivity index (χ3v) is 2.27. The molecule has 4 heteroatoms. The third kappa shape index (κ3) is 2.67. The van der Waals surface area contributed by atoms with Crippen molar-refractivity contribution in [2.45, 2.75) is 31.8 Å². The molecule has 1 atom stereocenters. The molecular formula is C9H17NO3. The predicted octanol–water partition coefficient (Wildman–Crippen LogP) is 0.0541. The number of carbonyl (C=O) groups is 1. The van der Waals surface area contributed by atoms with Crippen LogP contribution in [0.5, 0.6) is 0 Å². The van der Waals surface area contributed by atoms with Crippen LogP contribution < -0.4 is 5.32 Å². The molecule has 0 aromatic carbocycles. The van der Waals surface area contributed by atoms with Gasteiger partial charge in [0, 0.05) is 6.54 Å². The number of esters is 1. The van der Waals surface area contributed by atoms with E-state index in [0.717, 1.165) is 19.4 Å². The van der Waals surface area contributed by atoms with Crippen molar-refractivity contribution in [3.63, 3.8) is 0 Å². The van der Waals surface area contributed by atoms with E-state index in [1.54, 1.807) is 6.92 Å². The van der Waals surface area contributed by atoms with Crippen LogP contribution in [-0.2, 0) is 9.53 Å². The van der Waals surface area contributed by atoms with Crippen molar-refractivity contribution in [1.82, 2.24) is 5.32 Å². The van der Waals surface area contributed by atoms with Gasteiger partial charge in [-0.2, -0.15) is 0 Å². The first kappa shape index (κ1) is 10.5. The molecule has 0 saturated carbocycles. The number of hydrogen-bond donors (Lipinski definition) is 2. The number of nitrogens with one attached hydrogen (secondary N) is 1. The number of aliphatic hydroxyl groups is 1. The lowest BCUT2D eigenvalue weighted by molar-refractivity contribution is -0.165. The maximum Gasteiger partial charge on any atom is 0.339 e. The second-order valence-electron chi connectivity index (χ2n) is 3.39. The fraction of sp³-hybridized carbons (Fsp3) is 0.889. The Balaban J connectivity index is 2.55. The summed E-state index contributed by atoms with van der Waals surface area (Å²) in [5.41, 5.74) is -1.30. The van der Waals surface area contributed by atoms with E-state index in [2.05, 4.69) is 5.32 Å². The average Bonchev–Trinajstić information content (AvgIpc) is 2.32. The smallest absolute Gasteiger partial charge is 0.339 e. The van der Waals surface area contributed by atoms with Crippen molar-refractivity contribution in [2.75, 3.05) is 19.7 Å². The monoisotopic (exact) mass is 187 g/mol. The van der Waals surface area contributed by atoms with Crippen LogP contribution >= 0.6 is 0 Å². The van der Waals surface area contributed by atoms with Crippen molar-refractivity contribution in [3.05, 3.63) is 0 Å². The van der Waals surface area contributed by atoms with Gasteiger partial charge in [0.1, 0.15) is 0 Å². The highest BCUT2D eigenvalue weighted by Crippen LogP contribution is 2.17. The zero-order valence-electron chi connectivity index (χ0n) is 8.01. The first-order valence-electron chi connectivity index (χ1n) is 4.79. The molecule has 2 N–H and O–H groups in total. The summed E-state index contributed by atoms with van der Waals surface area (Å²) < 4.78 is 4.81. The minimum Gasteiger partial charge on any atom is -0.464 e. The molecule has 1 aliphatic heterocycles. The molecule has 1 aliphatic rings. The molecule has 0 aromatic rings. The summed E-state index contributed by atoms with van der Waals surface area (Å²) >= 11 is 0. The molecule has 0 radical (unpaired) electrons. The molecule has 0 aliphatic carbocycles. The Morgan fingerprint density at radius 2 is 2.38 bits per heavy atom. The molecule has 1 fully saturated rings. The van der Waals surface area contributed by atoms with Crippen LogP contribution in [0.15, 0.2) is 0 Å². The summed E-state index contributed by atoms with van der Waals surface area (Å²) in [6.07, 6.45) is 2.36. The van der Waals surface area contributed by atoms with E-state index in [0.29, 0.717) is 19.6 Å². The highest BCUT2D eigenvalue weighted by molar-refractivity contribution is 5.79. The molecular weight excluding hydrogens is 170 g/mol.